The zero-order valence-corrected chi connectivity index (χ0v) is 11.1. The second-order valence-electron chi connectivity index (χ2n) is 4.43. The minimum absolute atomic E-state index is 0.675. The Hall–Kier alpha value is -1.75. The monoisotopic (exact) mass is 249 g/mol. The molecule has 0 atom stereocenters. The van der Waals surface area contributed by atoms with Crippen molar-refractivity contribution in [2.45, 2.75) is 6.42 Å². The minimum Gasteiger partial charge on any atom is -0.493 e. The van der Waals surface area contributed by atoms with Crippen LogP contribution in [-0.2, 0) is 0 Å². The van der Waals surface area contributed by atoms with Gasteiger partial charge in [-0.25, -0.2) is 4.98 Å². The number of aromatic amines is 1. The van der Waals surface area contributed by atoms with E-state index < -0.39 is 0 Å². The van der Waals surface area contributed by atoms with Crippen LogP contribution >= 0.6 is 0 Å². The van der Waals surface area contributed by atoms with Gasteiger partial charge in [0.15, 0.2) is 11.5 Å². The molecule has 0 amide bonds. The summed E-state index contributed by atoms with van der Waals surface area (Å²) in [5.74, 6) is 1.48. The van der Waals surface area contributed by atoms with Gasteiger partial charge in [0.05, 0.1) is 31.1 Å². The zero-order valence-electron chi connectivity index (χ0n) is 11.1. The Labute approximate surface area is 107 Å². The molecule has 0 spiro atoms. The maximum atomic E-state index is 5.76. The smallest absolute Gasteiger partial charge is 0.163 e. The van der Waals surface area contributed by atoms with E-state index in [1.165, 1.54) is 0 Å². The van der Waals surface area contributed by atoms with E-state index in [0.717, 1.165) is 35.5 Å². The molecule has 5 nitrogen and oxygen atoms in total. The number of ether oxygens (including phenoxy) is 2. The van der Waals surface area contributed by atoms with Crippen LogP contribution in [0.15, 0.2) is 18.5 Å². The Balaban J connectivity index is 2.06. The zero-order chi connectivity index (χ0) is 13.0. The topological polar surface area (TPSA) is 50.4 Å². The molecule has 2 rings (SSSR count). The molecular formula is C13H19N3O2. The van der Waals surface area contributed by atoms with Gasteiger partial charge in [-0.15, -0.1) is 0 Å². The third kappa shape index (κ3) is 2.92. The largest absolute Gasteiger partial charge is 0.493 e. The van der Waals surface area contributed by atoms with Crippen molar-refractivity contribution in [3.63, 3.8) is 0 Å². The van der Waals surface area contributed by atoms with Crippen LogP contribution in [-0.4, -0.2) is 49.2 Å². The summed E-state index contributed by atoms with van der Waals surface area (Å²) in [5.41, 5.74) is 1.84. The van der Waals surface area contributed by atoms with E-state index in [1.54, 1.807) is 13.4 Å². The Kier molecular flexibility index (Phi) is 4.04. The normalized spacial score (nSPS) is 11.1. The van der Waals surface area contributed by atoms with Crippen molar-refractivity contribution in [3.8, 4) is 11.5 Å². The third-order valence-electron chi connectivity index (χ3n) is 2.71. The van der Waals surface area contributed by atoms with Gasteiger partial charge in [0.1, 0.15) is 0 Å². The standard InChI is InChI=1S/C13H19N3O2/c1-16(2)5-4-6-18-13-8-11-10(14-9-15-11)7-12(13)17-3/h7-9H,4-6H2,1-3H3,(H,14,15). The van der Waals surface area contributed by atoms with Crippen molar-refractivity contribution < 1.29 is 9.47 Å². The van der Waals surface area contributed by atoms with Crippen molar-refractivity contribution >= 4 is 11.0 Å². The third-order valence-corrected chi connectivity index (χ3v) is 2.71. The first-order chi connectivity index (χ1) is 8.70. The van der Waals surface area contributed by atoms with Crippen molar-refractivity contribution in [3.05, 3.63) is 18.5 Å². The average molecular weight is 249 g/mol. The lowest BCUT2D eigenvalue weighted by Gasteiger charge is -2.12. The number of hydrogen-bond acceptors (Lipinski definition) is 4. The van der Waals surface area contributed by atoms with Crippen LogP contribution in [0, 0.1) is 0 Å². The van der Waals surface area contributed by atoms with Crippen LogP contribution in [0.1, 0.15) is 6.42 Å². The summed E-state index contributed by atoms with van der Waals surface area (Å²) >= 11 is 0. The van der Waals surface area contributed by atoms with Gasteiger partial charge < -0.3 is 19.4 Å². The highest BCUT2D eigenvalue weighted by Crippen LogP contribution is 2.30. The molecule has 0 aliphatic heterocycles. The summed E-state index contributed by atoms with van der Waals surface area (Å²) in [6, 6.07) is 3.81. The van der Waals surface area contributed by atoms with Crippen molar-refractivity contribution in [1.29, 1.82) is 0 Å². The summed E-state index contributed by atoms with van der Waals surface area (Å²) in [6.45, 7) is 1.68. The van der Waals surface area contributed by atoms with Crippen LogP contribution in [0.5, 0.6) is 11.5 Å². The Morgan fingerprint density at radius 3 is 2.83 bits per heavy atom. The number of methoxy groups -OCH3 is 1. The Morgan fingerprint density at radius 1 is 1.28 bits per heavy atom. The molecule has 2 aromatic rings. The van der Waals surface area contributed by atoms with Crippen molar-refractivity contribution in [2.75, 3.05) is 34.4 Å². The first-order valence-electron chi connectivity index (χ1n) is 5.99. The fraction of sp³-hybridized carbons (Fsp3) is 0.462. The molecule has 0 aliphatic rings. The molecule has 0 saturated heterocycles. The summed E-state index contributed by atoms with van der Waals surface area (Å²) < 4.78 is 11.1. The SMILES string of the molecule is COc1cc2nc[nH]c2cc1OCCCN(C)C. The Bertz CT molecular complexity index is 508. The van der Waals surface area contributed by atoms with E-state index in [0.29, 0.717) is 6.61 Å². The molecular weight excluding hydrogens is 230 g/mol. The molecule has 0 saturated carbocycles. The second kappa shape index (κ2) is 5.73. The summed E-state index contributed by atoms with van der Waals surface area (Å²) in [6.07, 6.45) is 2.65. The van der Waals surface area contributed by atoms with Gasteiger partial charge >= 0.3 is 0 Å². The maximum absolute atomic E-state index is 5.76. The van der Waals surface area contributed by atoms with Gasteiger partial charge in [-0.1, -0.05) is 0 Å². The highest BCUT2D eigenvalue weighted by molar-refractivity contribution is 5.79. The lowest BCUT2D eigenvalue weighted by atomic mass is 10.2. The number of hydrogen-bond donors (Lipinski definition) is 1. The molecule has 1 heterocycles. The van der Waals surface area contributed by atoms with E-state index >= 15 is 0 Å². The fourth-order valence-corrected chi connectivity index (χ4v) is 1.78. The predicted octanol–water partition coefficient (Wildman–Crippen LogP) is 1.90. The quantitative estimate of drug-likeness (QED) is 0.794. The van der Waals surface area contributed by atoms with E-state index in [1.807, 2.05) is 12.1 Å². The van der Waals surface area contributed by atoms with Gasteiger partial charge in [0.2, 0.25) is 0 Å². The number of H-pyrrole nitrogens is 1. The molecule has 1 N–H and O–H groups in total. The lowest BCUT2D eigenvalue weighted by Crippen LogP contribution is -2.15. The summed E-state index contributed by atoms with van der Waals surface area (Å²) in [5, 5.41) is 0. The highest BCUT2D eigenvalue weighted by Gasteiger charge is 2.08. The average Bonchev–Trinajstić information content (AvgIpc) is 2.80. The first kappa shape index (κ1) is 12.7. The minimum atomic E-state index is 0.675. The summed E-state index contributed by atoms with van der Waals surface area (Å²) in [4.78, 5) is 9.39. The van der Waals surface area contributed by atoms with Gasteiger partial charge in [0.25, 0.3) is 0 Å². The van der Waals surface area contributed by atoms with Gasteiger partial charge in [-0.3, -0.25) is 0 Å². The van der Waals surface area contributed by atoms with E-state index in [2.05, 4.69) is 29.0 Å². The van der Waals surface area contributed by atoms with E-state index in [9.17, 15) is 0 Å². The second-order valence-corrected chi connectivity index (χ2v) is 4.43. The number of nitrogens with one attached hydrogen (secondary N) is 1. The van der Waals surface area contributed by atoms with Crippen LogP contribution in [0.2, 0.25) is 0 Å². The van der Waals surface area contributed by atoms with Gasteiger partial charge in [-0.2, -0.15) is 0 Å². The molecule has 0 radical (unpaired) electrons. The molecule has 0 unspecified atom stereocenters. The first-order valence-corrected chi connectivity index (χ1v) is 5.99. The Morgan fingerprint density at radius 2 is 2.11 bits per heavy atom. The van der Waals surface area contributed by atoms with Crippen molar-refractivity contribution in [2.24, 2.45) is 0 Å². The molecule has 18 heavy (non-hydrogen) atoms. The van der Waals surface area contributed by atoms with Crippen LogP contribution in [0.3, 0.4) is 0 Å². The number of aromatic nitrogens is 2. The highest BCUT2D eigenvalue weighted by atomic mass is 16.5. The number of nitrogens with zero attached hydrogens (tertiary/aromatic N) is 2. The van der Waals surface area contributed by atoms with E-state index in [4.69, 9.17) is 9.47 Å². The number of rotatable bonds is 6. The van der Waals surface area contributed by atoms with Crippen LogP contribution < -0.4 is 9.47 Å². The molecule has 0 aliphatic carbocycles. The molecule has 0 bridgehead atoms. The van der Waals surface area contributed by atoms with Crippen LogP contribution in [0.4, 0.5) is 0 Å². The predicted molar refractivity (Wildman–Crippen MR) is 71.3 cm³/mol. The number of benzene rings is 1. The lowest BCUT2D eigenvalue weighted by molar-refractivity contribution is 0.268. The maximum Gasteiger partial charge on any atom is 0.163 e. The summed E-state index contributed by atoms with van der Waals surface area (Å²) in [7, 11) is 5.75. The molecule has 1 aromatic carbocycles. The van der Waals surface area contributed by atoms with Crippen LogP contribution in [0.25, 0.3) is 11.0 Å². The molecule has 0 fully saturated rings. The van der Waals surface area contributed by atoms with E-state index in [-0.39, 0.29) is 0 Å². The number of fused-ring (bicyclic) bond motifs is 1. The fourth-order valence-electron chi connectivity index (χ4n) is 1.78. The number of imidazole rings is 1. The molecule has 5 heteroatoms. The van der Waals surface area contributed by atoms with Gasteiger partial charge in [-0.05, 0) is 20.5 Å². The molecule has 98 valence electrons. The van der Waals surface area contributed by atoms with Gasteiger partial charge in [0, 0.05) is 18.7 Å². The molecule has 1 aromatic heterocycles. The van der Waals surface area contributed by atoms with Crippen molar-refractivity contribution in [1.82, 2.24) is 14.9 Å².